The zero-order valence-electron chi connectivity index (χ0n) is 9.15. The van der Waals surface area contributed by atoms with Gasteiger partial charge in [0.1, 0.15) is 23.5 Å². The lowest BCUT2D eigenvalue weighted by atomic mass is 10.1. The quantitative estimate of drug-likeness (QED) is 0.745. The van der Waals surface area contributed by atoms with Crippen LogP contribution >= 0.6 is 0 Å². The molecule has 0 bridgehead atoms. The molecule has 2 aromatic rings. The number of hydrogen-bond acceptors (Lipinski definition) is 4. The largest absolute Gasteiger partial charge is 0.465 e. The number of hydrogen-bond donors (Lipinski definition) is 0. The number of furan rings is 1. The molecule has 1 aromatic carbocycles. The van der Waals surface area contributed by atoms with Crippen LogP contribution in [0.25, 0.3) is 11.0 Å². The van der Waals surface area contributed by atoms with Crippen LogP contribution in [0.1, 0.15) is 16.1 Å². The lowest BCUT2D eigenvalue weighted by molar-refractivity contribution is 0.0594. The summed E-state index contributed by atoms with van der Waals surface area (Å²) in [5.41, 5.74) is 1.11. The Morgan fingerprint density at radius 2 is 2.06 bits per heavy atom. The van der Waals surface area contributed by atoms with Gasteiger partial charge in [-0.1, -0.05) is 18.2 Å². The molecule has 4 heteroatoms. The molecule has 0 radical (unpaired) electrons. The Kier molecular flexibility index (Phi) is 2.92. The average molecular weight is 220 g/mol. The van der Waals surface area contributed by atoms with E-state index in [1.807, 2.05) is 18.2 Å². The third-order valence-electron chi connectivity index (χ3n) is 2.33. The van der Waals surface area contributed by atoms with E-state index in [-0.39, 0.29) is 6.61 Å². The SMILES string of the molecule is COCc1oc2ccccc2c1C(=O)OC. The number of carbonyl (C=O) groups is 1. The van der Waals surface area contributed by atoms with Gasteiger partial charge in [0, 0.05) is 12.5 Å². The molecule has 0 saturated heterocycles. The Bertz CT molecular complexity index is 513. The Morgan fingerprint density at radius 1 is 1.31 bits per heavy atom. The summed E-state index contributed by atoms with van der Waals surface area (Å²) < 4.78 is 15.3. The minimum absolute atomic E-state index is 0.249. The molecule has 0 aliphatic carbocycles. The van der Waals surface area contributed by atoms with E-state index in [0.717, 1.165) is 5.39 Å². The number of fused-ring (bicyclic) bond motifs is 1. The maximum atomic E-state index is 11.6. The lowest BCUT2D eigenvalue weighted by Crippen LogP contribution is -2.04. The van der Waals surface area contributed by atoms with Gasteiger partial charge in [0.25, 0.3) is 0 Å². The van der Waals surface area contributed by atoms with E-state index in [1.165, 1.54) is 7.11 Å². The summed E-state index contributed by atoms with van der Waals surface area (Å²) in [6, 6.07) is 7.33. The molecular formula is C12H12O4. The Labute approximate surface area is 92.8 Å². The van der Waals surface area contributed by atoms with Crippen molar-refractivity contribution < 1.29 is 18.7 Å². The van der Waals surface area contributed by atoms with Gasteiger partial charge in [-0.05, 0) is 6.07 Å². The molecule has 0 N–H and O–H groups in total. The van der Waals surface area contributed by atoms with Crippen LogP contribution < -0.4 is 0 Å². The van der Waals surface area contributed by atoms with Crippen molar-refractivity contribution in [1.82, 2.24) is 0 Å². The standard InChI is InChI=1S/C12H12O4/c1-14-7-10-11(12(13)15-2)8-5-3-4-6-9(8)16-10/h3-6H,7H2,1-2H3. The molecule has 0 unspecified atom stereocenters. The molecule has 0 atom stereocenters. The first-order valence-corrected chi connectivity index (χ1v) is 4.85. The van der Waals surface area contributed by atoms with Crippen molar-refractivity contribution in [2.24, 2.45) is 0 Å². The molecule has 2 rings (SSSR count). The molecule has 0 aliphatic heterocycles. The zero-order chi connectivity index (χ0) is 11.5. The van der Waals surface area contributed by atoms with Gasteiger partial charge in [-0.25, -0.2) is 4.79 Å². The van der Waals surface area contributed by atoms with Gasteiger partial charge >= 0.3 is 5.97 Å². The second-order valence-electron chi connectivity index (χ2n) is 3.32. The number of esters is 1. The van der Waals surface area contributed by atoms with E-state index in [4.69, 9.17) is 13.9 Å². The smallest absolute Gasteiger partial charge is 0.342 e. The fraction of sp³-hybridized carbons (Fsp3) is 0.250. The van der Waals surface area contributed by atoms with Crippen LogP contribution in [0.2, 0.25) is 0 Å². The predicted molar refractivity (Wildman–Crippen MR) is 58.3 cm³/mol. The summed E-state index contributed by atoms with van der Waals surface area (Å²) in [6.45, 7) is 0.249. The van der Waals surface area contributed by atoms with Gasteiger partial charge in [-0.3, -0.25) is 0 Å². The highest BCUT2D eigenvalue weighted by molar-refractivity contribution is 6.04. The number of rotatable bonds is 3. The Hall–Kier alpha value is -1.81. The van der Waals surface area contributed by atoms with Crippen molar-refractivity contribution in [3.05, 3.63) is 35.6 Å². The molecule has 0 fully saturated rings. The number of carbonyl (C=O) groups excluding carboxylic acids is 1. The van der Waals surface area contributed by atoms with Crippen molar-refractivity contribution >= 4 is 16.9 Å². The van der Waals surface area contributed by atoms with Gasteiger partial charge in [0.05, 0.1) is 7.11 Å². The van der Waals surface area contributed by atoms with Gasteiger partial charge in [0.15, 0.2) is 0 Å². The van der Waals surface area contributed by atoms with E-state index in [0.29, 0.717) is 16.9 Å². The molecule has 0 spiro atoms. The molecule has 0 saturated carbocycles. The summed E-state index contributed by atoms with van der Waals surface area (Å²) in [6.07, 6.45) is 0. The molecule has 0 aliphatic rings. The number of ether oxygens (including phenoxy) is 2. The molecule has 16 heavy (non-hydrogen) atoms. The van der Waals surface area contributed by atoms with Crippen LogP contribution in [0.5, 0.6) is 0 Å². The van der Waals surface area contributed by atoms with E-state index >= 15 is 0 Å². The second-order valence-corrected chi connectivity index (χ2v) is 3.32. The second kappa shape index (κ2) is 4.37. The number of methoxy groups -OCH3 is 2. The highest BCUT2D eigenvalue weighted by Crippen LogP contribution is 2.26. The predicted octanol–water partition coefficient (Wildman–Crippen LogP) is 2.37. The first-order chi connectivity index (χ1) is 7.77. The maximum absolute atomic E-state index is 11.6. The van der Waals surface area contributed by atoms with Crippen molar-refractivity contribution in [3.63, 3.8) is 0 Å². The summed E-state index contributed by atoms with van der Waals surface area (Å²) in [5.74, 6) is 0.0903. The maximum Gasteiger partial charge on any atom is 0.342 e. The van der Waals surface area contributed by atoms with Gasteiger partial charge < -0.3 is 13.9 Å². The first kappa shape index (κ1) is 10.7. The summed E-state index contributed by atoms with van der Waals surface area (Å²) in [7, 11) is 2.90. The minimum atomic E-state index is -0.406. The van der Waals surface area contributed by atoms with E-state index in [9.17, 15) is 4.79 Å². The van der Waals surface area contributed by atoms with E-state index in [2.05, 4.69) is 0 Å². The number of benzene rings is 1. The fourth-order valence-corrected chi connectivity index (χ4v) is 1.65. The van der Waals surface area contributed by atoms with E-state index < -0.39 is 5.97 Å². The number of para-hydroxylation sites is 1. The zero-order valence-corrected chi connectivity index (χ0v) is 9.15. The van der Waals surface area contributed by atoms with Crippen LogP contribution in [0.3, 0.4) is 0 Å². The van der Waals surface area contributed by atoms with Crippen molar-refractivity contribution in [2.45, 2.75) is 6.61 Å². The topological polar surface area (TPSA) is 48.7 Å². The average Bonchev–Trinajstić information content (AvgIpc) is 2.66. The normalized spacial score (nSPS) is 10.6. The van der Waals surface area contributed by atoms with Gasteiger partial charge in [0.2, 0.25) is 0 Å². The molecule has 84 valence electrons. The molecule has 1 heterocycles. The van der Waals surface area contributed by atoms with Gasteiger partial charge in [-0.2, -0.15) is 0 Å². The van der Waals surface area contributed by atoms with E-state index in [1.54, 1.807) is 13.2 Å². The summed E-state index contributed by atoms with van der Waals surface area (Å²) >= 11 is 0. The monoisotopic (exact) mass is 220 g/mol. The minimum Gasteiger partial charge on any atom is -0.465 e. The lowest BCUT2D eigenvalue weighted by Gasteiger charge is -1.99. The summed E-state index contributed by atoms with van der Waals surface area (Å²) in [5, 5.41) is 0.751. The molecular weight excluding hydrogens is 208 g/mol. The fourth-order valence-electron chi connectivity index (χ4n) is 1.65. The van der Waals surface area contributed by atoms with Crippen LogP contribution in [0, 0.1) is 0 Å². The molecule has 0 amide bonds. The van der Waals surface area contributed by atoms with Gasteiger partial charge in [-0.15, -0.1) is 0 Å². The third kappa shape index (κ3) is 1.67. The van der Waals surface area contributed by atoms with Crippen molar-refractivity contribution in [3.8, 4) is 0 Å². The Balaban J connectivity index is 2.64. The summed E-state index contributed by atoms with van der Waals surface area (Å²) in [4.78, 5) is 11.6. The highest BCUT2D eigenvalue weighted by Gasteiger charge is 2.20. The van der Waals surface area contributed by atoms with Crippen LogP contribution in [0.4, 0.5) is 0 Å². The van der Waals surface area contributed by atoms with Crippen molar-refractivity contribution in [1.29, 1.82) is 0 Å². The highest BCUT2D eigenvalue weighted by atomic mass is 16.5. The van der Waals surface area contributed by atoms with Crippen LogP contribution in [-0.2, 0) is 16.1 Å². The molecule has 1 aromatic heterocycles. The first-order valence-electron chi connectivity index (χ1n) is 4.85. The van der Waals surface area contributed by atoms with Crippen molar-refractivity contribution in [2.75, 3.05) is 14.2 Å². The Morgan fingerprint density at radius 3 is 2.75 bits per heavy atom. The van der Waals surface area contributed by atoms with Crippen LogP contribution in [-0.4, -0.2) is 20.2 Å². The third-order valence-corrected chi connectivity index (χ3v) is 2.33. The molecule has 4 nitrogen and oxygen atoms in total. The van der Waals surface area contributed by atoms with Crippen LogP contribution in [0.15, 0.2) is 28.7 Å².